The van der Waals surface area contributed by atoms with Crippen molar-refractivity contribution in [3.63, 3.8) is 0 Å². The molecule has 0 aliphatic carbocycles. The molecule has 1 aromatic heterocycles. The van der Waals surface area contributed by atoms with Crippen molar-refractivity contribution in [2.45, 2.75) is 26.0 Å². The van der Waals surface area contributed by atoms with E-state index in [-0.39, 0.29) is 5.91 Å². The molecule has 30 heavy (non-hydrogen) atoms. The number of rotatable bonds is 10. The molecule has 2 heterocycles. The largest absolute Gasteiger partial charge is 0.492 e. The number of amides is 1. The van der Waals surface area contributed by atoms with Gasteiger partial charge in [-0.1, -0.05) is 13.0 Å². The molecular formula is C23H32N4O2S. The minimum absolute atomic E-state index is 0.0298. The first-order chi connectivity index (χ1) is 14.7. The van der Waals surface area contributed by atoms with Crippen LogP contribution in [-0.2, 0) is 10.5 Å². The lowest BCUT2D eigenvalue weighted by Crippen LogP contribution is -2.46. The zero-order valence-electron chi connectivity index (χ0n) is 18.0. The van der Waals surface area contributed by atoms with Gasteiger partial charge in [-0.3, -0.25) is 14.7 Å². The van der Waals surface area contributed by atoms with Crippen LogP contribution in [0.1, 0.15) is 26.0 Å². The number of benzene rings is 1. The molecule has 0 radical (unpaired) electrons. The van der Waals surface area contributed by atoms with E-state index in [1.54, 1.807) is 18.0 Å². The third-order valence-corrected chi connectivity index (χ3v) is 5.99. The van der Waals surface area contributed by atoms with Crippen LogP contribution >= 0.6 is 11.8 Å². The van der Waals surface area contributed by atoms with Crippen LogP contribution in [0.2, 0.25) is 0 Å². The number of nitrogens with one attached hydrogen (secondary N) is 1. The number of pyridine rings is 1. The molecule has 0 unspecified atom stereocenters. The van der Waals surface area contributed by atoms with Crippen LogP contribution in [0.25, 0.3) is 0 Å². The zero-order valence-corrected chi connectivity index (χ0v) is 18.8. The van der Waals surface area contributed by atoms with Crippen LogP contribution in [0, 0.1) is 0 Å². The maximum atomic E-state index is 12.4. The predicted molar refractivity (Wildman–Crippen MR) is 126 cm³/mol. The van der Waals surface area contributed by atoms with Crippen molar-refractivity contribution in [1.82, 2.24) is 9.88 Å². The third-order valence-electron chi connectivity index (χ3n) is 5.03. The van der Waals surface area contributed by atoms with Gasteiger partial charge in [-0.2, -0.15) is 0 Å². The second-order valence-electron chi connectivity index (χ2n) is 7.30. The Hall–Kier alpha value is -2.25. The number of hydrogen-bond acceptors (Lipinski definition) is 6. The molecule has 1 saturated heterocycles. The Morgan fingerprint density at radius 3 is 2.70 bits per heavy atom. The summed E-state index contributed by atoms with van der Waals surface area (Å²) in [4.78, 5) is 21.6. The summed E-state index contributed by atoms with van der Waals surface area (Å²) in [6.07, 6.45) is 2.97. The summed E-state index contributed by atoms with van der Waals surface area (Å²) in [5.41, 5.74) is 2.86. The molecule has 1 fully saturated rings. The van der Waals surface area contributed by atoms with Gasteiger partial charge in [-0.05, 0) is 44.2 Å². The minimum atomic E-state index is -0.0298. The molecule has 0 saturated carbocycles. The standard InChI is InChI=1S/C23H32N4O2S/c1-3-11-26-12-14-27(15-13-26)20-8-9-21(22(16-20)29-4-2)25-23(28)18-30-17-19-7-5-6-10-24-19/h5-10,16H,3-4,11-15,17-18H2,1-2H3,(H,25,28). The Balaban J connectivity index is 1.56. The van der Waals surface area contributed by atoms with Crippen molar-refractivity contribution in [3.8, 4) is 5.75 Å². The fourth-order valence-corrected chi connectivity index (χ4v) is 4.29. The Morgan fingerprint density at radius 2 is 2.00 bits per heavy atom. The van der Waals surface area contributed by atoms with E-state index < -0.39 is 0 Å². The summed E-state index contributed by atoms with van der Waals surface area (Å²) in [6.45, 7) is 10.1. The quantitative estimate of drug-likeness (QED) is 0.620. The monoisotopic (exact) mass is 428 g/mol. The molecule has 1 aliphatic heterocycles. The highest BCUT2D eigenvalue weighted by molar-refractivity contribution is 7.99. The topological polar surface area (TPSA) is 57.7 Å². The number of aromatic nitrogens is 1. The van der Waals surface area contributed by atoms with Gasteiger partial charge in [-0.15, -0.1) is 11.8 Å². The second kappa shape index (κ2) is 11.8. The normalized spacial score (nSPS) is 14.5. The van der Waals surface area contributed by atoms with Crippen LogP contribution in [0.5, 0.6) is 5.75 Å². The van der Waals surface area contributed by atoms with Gasteiger partial charge in [0.15, 0.2) is 0 Å². The van der Waals surface area contributed by atoms with Crippen molar-refractivity contribution in [3.05, 3.63) is 48.3 Å². The van der Waals surface area contributed by atoms with Crippen molar-refractivity contribution in [1.29, 1.82) is 0 Å². The molecule has 1 N–H and O–H groups in total. The summed E-state index contributed by atoms with van der Waals surface area (Å²) < 4.78 is 5.83. The molecule has 0 bridgehead atoms. The molecule has 0 atom stereocenters. The second-order valence-corrected chi connectivity index (χ2v) is 8.29. The van der Waals surface area contributed by atoms with E-state index >= 15 is 0 Å². The van der Waals surface area contributed by atoms with Crippen molar-refractivity contribution in [2.24, 2.45) is 0 Å². The molecule has 1 aromatic carbocycles. The van der Waals surface area contributed by atoms with Gasteiger partial charge in [0.25, 0.3) is 0 Å². The molecule has 0 spiro atoms. The van der Waals surface area contributed by atoms with E-state index in [4.69, 9.17) is 4.74 Å². The van der Waals surface area contributed by atoms with E-state index in [0.717, 1.165) is 54.8 Å². The maximum Gasteiger partial charge on any atom is 0.234 e. The minimum Gasteiger partial charge on any atom is -0.492 e. The van der Waals surface area contributed by atoms with E-state index in [0.29, 0.717) is 12.4 Å². The summed E-state index contributed by atoms with van der Waals surface area (Å²) in [5, 5.41) is 3.00. The molecule has 1 aliphatic rings. The lowest BCUT2D eigenvalue weighted by molar-refractivity contribution is -0.113. The number of carbonyl (C=O) groups excluding carboxylic acids is 1. The highest BCUT2D eigenvalue weighted by atomic mass is 32.2. The van der Waals surface area contributed by atoms with Gasteiger partial charge < -0.3 is 15.0 Å². The molecule has 7 heteroatoms. The Labute approximate surface area is 184 Å². The van der Waals surface area contributed by atoms with Crippen LogP contribution in [0.4, 0.5) is 11.4 Å². The van der Waals surface area contributed by atoms with E-state index in [1.165, 1.54) is 13.0 Å². The third kappa shape index (κ3) is 6.64. The first kappa shape index (κ1) is 22.4. The van der Waals surface area contributed by atoms with Gasteiger partial charge in [0.2, 0.25) is 5.91 Å². The SMILES string of the molecule is CCCN1CCN(c2ccc(NC(=O)CSCc3ccccn3)c(OCC)c2)CC1. The summed E-state index contributed by atoms with van der Waals surface area (Å²) >= 11 is 1.55. The molecule has 6 nitrogen and oxygen atoms in total. The smallest absolute Gasteiger partial charge is 0.234 e. The van der Waals surface area contributed by atoms with Gasteiger partial charge in [0, 0.05) is 49.9 Å². The van der Waals surface area contributed by atoms with Crippen LogP contribution in [-0.4, -0.2) is 60.9 Å². The van der Waals surface area contributed by atoms with Crippen molar-refractivity contribution >= 4 is 29.0 Å². The Morgan fingerprint density at radius 1 is 1.17 bits per heavy atom. The Bertz CT molecular complexity index is 795. The van der Waals surface area contributed by atoms with Gasteiger partial charge in [-0.25, -0.2) is 0 Å². The van der Waals surface area contributed by atoms with E-state index in [1.807, 2.05) is 31.2 Å². The number of thioether (sulfide) groups is 1. The molecule has 3 rings (SSSR count). The number of piperazine rings is 1. The average molecular weight is 429 g/mol. The fraction of sp³-hybridized carbons (Fsp3) is 0.478. The molecule has 2 aromatic rings. The summed E-state index contributed by atoms with van der Waals surface area (Å²) in [6, 6.07) is 11.9. The zero-order chi connectivity index (χ0) is 21.2. The first-order valence-corrected chi connectivity index (χ1v) is 11.9. The number of carbonyl (C=O) groups is 1. The molecular weight excluding hydrogens is 396 g/mol. The lowest BCUT2D eigenvalue weighted by atomic mass is 10.2. The average Bonchev–Trinajstić information content (AvgIpc) is 2.77. The molecule has 162 valence electrons. The lowest BCUT2D eigenvalue weighted by Gasteiger charge is -2.36. The summed E-state index contributed by atoms with van der Waals surface area (Å²) in [7, 11) is 0. The highest BCUT2D eigenvalue weighted by Crippen LogP contribution is 2.31. The first-order valence-electron chi connectivity index (χ1n) is 10.7. The van der Waals surface area contributed by atoms with Crippen molar-refractivity contribution in [2.75, 3.05) is 55.3 Å². The maximum absolute atomic E-state index is 12.4. The predicted octanol–water partition coefficient (Wildman–Crippen LogP) is 3.88. The van der Waals surface area contributed by atoms with Gasteiger partial charge in [0.1, 0.15) is 5.75 Å². The number of hydrogen-bond donors (Lipinski definition) is 1. The number of anilines is 2. The molecule has 1 amide bonds. The summed E-state index contributed by atoms with van der Waals surface area (Å²) in [5.74, 6) is 1.80. The Kier molecular flexibility index (Phi) is 8.83. The van der Waals surface area contributed by atoms with E-state index in [9.17, 15) is 4.79 Å². The van der Waals surface area contributed by atoms with Gasteiger partial charge in [0.05, 0.1) is 23.7 Å². The van der Waals surface area contributed by atoms with Crippen LogP contribution in [0.15, 0.2) is 42.6 Å². The number of nitrogens with zero attached hydrogens (tertiary/aromatic N) is 3. The van der Waals surface area contributed by atoms with Crippen LogP contribution < -0.4 is 15.0 Å². The van der Waals surface area contributed by atoms with Crippen molar-refractivity contribution < 1.29 is 9.53 Å². The van der Waals surface area contributed by atoms with E-state index in [2.05, 4.69) is 39.2 Å². The highest BCUT2D eigenvalue weighted by Gasteiger charge is 2.18. The number of ether oxygens (including phenoxy) is 1. The fourth-order valence-electron chi connectivity index (χ4n) is 3.55. The van der Waals surface area contributed by atoms with Gasteiger partial charge >= 0.3 is 0 Å². The van der Waals surface area contributed by atoms with Crippen LogP contribution in [0.3, 0.4) is 0 Å².